The molecule has 1 aliphatic heterocycles. The van der Waals surface area contributed by atoms with E-state index in [1.807, 2.05) is 24.3 Å². The number of methoxy groups -OCH3 is 1. The molecule has 2 aromatic heterocycles. The normalized spacial score (nSPS) is 14.0. The van der Waals surface area contributed by atoms with Crippen molar-refractivity contribution in [1.82, 2.24) is 4.98 Å². The highest BCUT2D eigenvalue weighted by molar-refractivity contribution is 7.18. The zero-order chi connectivity index (χ0) is 19.3. The van der Waals surface area contributed by atoms with Crippen molar-refractivity contribution in [2.24, 2.45) is 0 Å². The van der Waals surface area contributed by atoms with E-state index in [9.17, 15) is 4.79 Å². The van der Waals surface area contributed by atoms with Crippen LogP contribution in [-0.2, 0) is 4.74 Å². The van der Waals surface area contributed by atoms with Crippen molar-refractivity contribution in [3.8, 4) is 17.0 Å². The first kappa shape index (κ1) is 18.5. The van der Waals surface area contributed by atoms with Gasteiger partial charge in [-0.2, -0.15) is 0 Å². The predicted octanol–water partition coefficient (Wildman–Crippen LogP) is 3.91. The van der Waals surface area contributed by atoms with E-state index < -0.39 is 0 Å². The molecule has 0 radical (unpaired) electrons. The second kappa shape index (κ2) is 8.41. The number of nitrogens with zero attached hydrogens (tertiary/aromatic N) is 2. The second-order valence-electron chi connectivity index (χ2n) is 6.34. The average Bonchev–Trinajstić information content (AvgIpc) is 3.21. The number of carbonyl (C=O) groups is 1. The van der Waals surface area contributed by atoms with Gasteiger partial charge in [-0.25, -0.2) is 4.98 Å². The Morgan fingerprint density at radius 2 is 1.96 bits per heavy atom. The van der Waals surface area contributed by atoms with Gasteiger partial charge in [-0.1, -0.05) is 30.3 Å². The number of amides is 1. The number of rotatable bonds is 5. The molecule has 1 amide bonds. The molecule has 28 heavy (non-hydrogen) atoms. The van der Waals surface area contributed by atoms with Gasteiger partial charge in [0.1, 0.15) is 0 Å². The summed E-state index contributed by atoms with van der Waals surface area (Å²) >= 11 is 1.51. The topological polar surface area (TPSA) is 63.7 Å². The fourth-order valence-electron chi connectivity index (χ4n) is 3.09. The Balaban J connectivity index is 1.63. The van der Waals surface area contributed by atoms with Crippen LogP contribution in [0.3, 0.4) is 0 Å². The number of hydrogen-bond acceptors (Lipinski definition) is 6. The first-order valence-corrected chi connectivity index (χ1v) is 9.89. The molecule has 1 saturated heterocycles. The van der Waals surface area contributed by atoms with Gasteiger partial charge in [0.05, 0.1) is 42.1 Å². The summed E-state index contributed by atoms with van der Waals surface area (Å²) in [5.41, 5.74) is 2.81. The Bertz CT molecular complexity index is 935. The monoisotopic (exact) mass is 395 g/mol. The van der Waals surface area contributed by atoms with Crippen molar-refractivity contribution >= 4 is 27.9 Å². The number of thiophene rings is 1. The van der Waals surface area contributed by atoms with Crippen molar-refractivity contribution in [3.63, 3.8) is 0 Å². The number of ether oxygens (including phenoxy) is 2. The molecule has 1 aromatic carbocycles. The SMILES string of the molecule is COc1ccc(NC(=O)c2cc(-c3ccccc3)c(N3CCOCC3)s2)cn1. The lowest BCUT2D eigenvalue weighted by atomic mass is 10.1. The predicted molar refractivity (Wildman–Crippen MR) is 112 cm³/mol. The third-order valence-electron chi connectivity index (χ3n) is 4.52. The molecule has 0 saturated carbocycles. The number of benzene rings is 1. The molecule has 3 heterocycles. The van der Waals surface area contributed by atoms with Gasteiger partial charge in [0.2, 0.25) is 5.88 Å². The summed E-state index contributed by atoms with van der Waals surface area (Å²) in [5, 5.41) is 4.02. The second-order valence-corrected chi connectivity index (χ2v) is 7.37. The Morgan fingerprint density at radius 3 is 2.64 bits per heavy atom. The van der Waals surface area contributed by atoms with Gasteiger partial charge in [0.25, 0.3) is 5.91 Å². The number of anilines is 2. The van der Waals surface area contributed by atoms with E-state index in [1.165, 1.54) is 11.3 Å². The molecule has 7 heteroatoms. The molecule has 0 bridgehead atoms. The maximum Gasteiger partial charge on any atom is 0.265 e. The summed E-state index contributed by atoms with van der Waals surface area (Å²) in [6.45, 7) is 3.05. The molecule has 144 valence electrons. The van der Waals surface area contributed by atoms with Crippen LogP contribution >= 0.6 is 11.3 Å². The Kier molecular flexibility index (Phi) is 5.55. The lowest BCUT2D eigenvalue weighted by Gasteiger charge is -2.28. The summed E-state index contributed by atoms with van der Waals surface area (Å²) in [5.74, 6) is 0.365. The van der Waals surface area contributed by atoms with Crippen molar-refractivity contribution in [2.75, 3.05) is 43.6 Å². The van der Waals surface area contributed by atoms with Crippen molar-refractivity contribution in [3.05, 3.63) is 59.6 Å². The van der Waals surface area contributed by atoms with Crippen LogP contribution in [0.15, 0.2) is 54.7 Å². The number of morpholine rings is 1. The standard InChI is InChI=1S/C21H21N3O3S/c1-26-19-8-7-16(14-22-19)23-20(25)18-13-17(15-5-3-2-4-6-15)21(28-18)24-9-11-27-12-10-24/h2-8,13-14H,9-12H2,1H3,(H,23,25). The highest BCUT2D eigenvalue weighted by Gasteiger charge is 2.22. The Labute approximate surface area is 167 Å². The molecule has 6 nitrogen and oxygen atoms in total. The first-order valence-electron chi connectivity index (χ1n) is 9.08. The van der Waals surface area contributed by atoms with E-state index in [0.29, 0.717) is 29.7 Å². The molecular formula is C21H21N3O3S. The van der Waals surface area contributed by atoms with Gasteiger partial charge in [0.15, 0.2) is 0 Å². The fourth-order valence-corrected chi connectivity index (χ4v) is 4.21. The summed E-state index contributed by atoms with van der Waals surface area (Å²) in [6.07, 6.45) is 1.59. The largest absolute Gasteiger partial charge is 0.481 e. The molecule has 0 spiro atoms. The number of pyridine rings is 1. The summed E-state index contributed by atoms with van der Waals surface area (Å²) in [6, 6.07) is 15.6. The molecule has 3 aromatic rings. The van der Waals surface area contributed by atoms with Crippen LogP contribution in [0.4, 0.5) is 10.7 Å². The van der Waals surface area contributed by atoms with E-state index >= 15 is 0 Å². The third-order valence-corrected chi connectivity index (χ3v) is 5.72. The van der Waals surface area contributed by atoms with E-state index in [2.05, 4.69) is 27.3 Å². The maximum absolute atomic E-state index is 12.8. The highest BCUT2D eigenvalue weighted by Crippen LogP contribution is 2.39. The van der Waals surface area contributed by atoms with Crippen LogP contribution in [0.25, 0.3) is 11.1 Å². The summed E-state index contributed by atoms with van der Waals surface area (Å²) < 4.78 is 10.5. The molecule has 0 atom stereocenters. The number of aromatic nitrogens is 1. The van der Waals surface area contributed by atoms with E-state index in [4.69, 9.17) is 9.47 Å². The average molecular weight is 395 g/mol. The molecule has 1 aliphatic rings. The van der Waals surface area contributed by atoms with Crippen LogP contribution in [0, 0.1) is 0 Å². The van der Waals surface area contributed by atoms with E-state index in [-0.39, 0.29) is 5.91 Å². The minimum atomic E-state index is -0.145. The Morgan fingerprint density at radius 1 is 1.18 bits per heavy atom. The number of carbonyl (C=O) groups excluding carboxylic acids is 1. The minimum Gasteiger partial charge on any atom is -0.481 e. The van der Waals surface area contributed by atoms with Gasteiger partial charge in [-0.05, 0) is 17.7 Å². The summed E-state index contributed by atoms with van der Waals surface area (Å²) in [4.78, 5) is 19.9. The van der Waals surface area contributed by atoms with Crippen LogP contribution in [0.1, 0.15) is 9.67 Å². The van der Waals surface area contributed by atoms with Gasteiger partial charge in [0, 0.05) is 24.7 Å². The van der Waals surface area contributed by atoms with Crippen LogP contribution in [-0.4, -0.2) is 44.3 Å². The minimum absolute atomic E-state index is 0.145. The van der Waals surface area contributed by atoms with Crippen molar-refractivity contribution < 1.29 is 14.3 Å². The van der Waals surface area contributed by atoms with Gasteiger partial charge in [-0.3, -0.25) is 4.79 Å². The molecule has 0 unspecified atom stereocenters. The van der Waals surface area contributed by atoms with Crippen LogP contribution in [0.5, 0.6) is 5.88 Å². The molecular weight excluding hydrogens is 374 g/mol. The van der Waals surface area contributed by atoms with E-state index in [0.717, 1.165) is 29.2 Å². The van der Waals surface area contributed by atoms with Crippen molar-refractivity contribution in [2.45, 2.75) is 0 Å². The lowest BCUT2D eigenvalue weighted by Crippen LogP contribution is -2.35. The quantitative estimate of drug-likeness (QED) is 0.710. The van der Waals surface area contributed by atoms with Crippen molar-refractivity contribution in [1.29, 1.82) is 0 Å². The zero-order valence-electron chi connectivity index (χ0n) is 15.6. The van der Waals surface area contributed by atoms with Gasteiger partial charge in [-0.15, -0.1) is 11.3 Å². The van der Waals surface area contributed by atoms with Gasteiger partial charge >= 0.3 is 0 Å². The molecule has 1 fully saturated rings. The molecule has 4 rings (SSSR count). The first-order chi connectivity index (χ1) is 13.7. The van der Waals surface area contributed by atoms with E-state index in [1.54, 1.807) is 25.4 Å². The number of nitrogens with one attached hydrogen (secondary N) is 1. The molecule has 1 N–H and O–H groups in total. The van der Waals surface area contributed by atoms with Crippen LogP contribution in [0.2, 0.25) is 0 Å². The maximum atomic E-state index is 12.8. The molecule has 0 aliphatic carbocycles. The van der Waals surface area contributed by atoms with Crippen LogP contribution < -0.4 is 15.0 Å². The fraction of sp³-hybridized carbons (Fsp3) is 0.238. The number of hydrogen-bond donors (Lipinski definition) is 1. The van der Waals surface area contributed by atoms with Gasteiger partial charge < -0.3 is 19.7 Å². The summed E-state index contributed by atoms with van der Waals surface area (Å²) in [7, 11) is 1.56. The zero-order valence-corrected chi connectivity index (χ0v) is 16.4. The smallest absolute Gasteiger partial charge is 0.265 e. The third kappa shape index (κ3) is 4.00. The lowest BCUT2D eigenvalue weighted by molar-refractivity contribution is 0.103. The Hall–Kier alpha value is -2.90. The highest BCUT2D eigenvalue weighted by atomic mass is 32.1.